The van der Waals surface area contributed by atoms with Crippen LogP contribution in [0.4, 0.5) is 4.39 Å². The van der Waals surface area contributed by atoms with Crippen molar-refractivity contribution in [3.63, 3.8) is 0 Å². The minimum atomic E-state index is -1.15. The Morgan fingerprint density at radius 2 is 1.84 bits per heavy atom. The zero-order valence-corrected chi connectivity index (χ0v) is 13.7. The maximum atomic E-state index is 13.0. The minimum Gasteiger partial charge on any atom is -0.477 e. The standard InChI is InChI=1S/C19H19FN2O3/c20-16-3-1-13(2-4-16)11-14-6-9-22(10-7-14)18(23)15-5-8-21-17(12-15)19(24)25/h1-5,8,12,14H,6-7,9-11H2,(H,24,25). The van der Waals surface area contributed by atoms with E-state index >= 15 is 0 Å². The van der Waals surface area contributed by atoms with E-state index in [1.54, 1.807) is 23.1 Å². The van der Waals surface area contributed by atoms with Gasteiger partial charge in [-0.3, -0.25) is 4.79 Å². The Labute approximate surface area is 145 Å². The molecule has 25 heavy (non-hydrogen) atoms. The van der Waals surface area contributed by atoms with Crippen LogP contribution in [0.3, 0.4) is 0 Å². The highest BCUT2D eigenvalue weighted by Gasteiger charge is 2.24. The first-order valence-electron chi connectivity index (χ1n) is 8.26. The molecule has 0 unspecified atom stereocenters. The van der Waals surface area contributed by atoms with Crippen molar-refractivity contribution in [2.24, 2.45) is 5.92 Å². The second-order valence-corrected chi connectivity index (χ2v) is 6.30. The molecule has 1 aliphatic rings. The van der Waals surface area contributed by atoms with E-state index < -0.39 is 5.97 Å². The number of halogens is 1. The summed E-state index contributed by atoms with van der Waals surface area (Å²) < 4.78 is 13.0. The number of carbonyl (C=O) groups excluding carboxylic acids is 1. The molecule has 0 radical (unpaired) electrons. The quantitative estimate of drug-likeness (QED) is 0.927. The Morgan fingerprint density at radius 3 is 2.48 bits per heavy atom. The van der Waals surface area contributed by atoms with Gasteiger partial charge >= 0.3 is 5.97 Å². The first kappa shape index (κ1) is 17.1. The zero-order chi connectivity index (χ0) is 17.8. The van der Waals surface area contributed by atoms with Gasteiger partial charge in [-0.25, -0.2) is 14.2 Å². The number of likely N-dealkylation sites (tertiary alicyclic amines) is 1. The summed E-state index contributed by atoms with van der Waals surface area (Å²) in [5.74, 6) is -1.08. The number of aromatic carboxylic acids is 1. The number of carbonyl (C=O) groups is 2. The summed E-state index contributed by atoms with van der Waals surface area (Å²) in [6.45, 7) is 1.27. The van der Waals surface area contributed by atoms with Crippen molar-refractivity contribution < 1.29 is 19.1 Å². The SMILES string of the molecule is O=C(O)c1cc(C(=O)N2CCC(Cc3ccc(F)cc3)CC2)ccn1. The van der Waals surface area contributed by atoms with Gasteiger partial charge in [0.25, 0.3) is 5.91 Å². The summed E-state index contributed by atoms with van der Waals surface area (Å²) in [5, 5.41) is 8.98. The van der Waals surface area contributed by atoms with E-state index in [2.05, 4.69) is 4.98 Å². The van der Waals surface area contributed by atoms with Gasteiger partial charge in [0, 0.05) is 24.8 Å². The van der Waals surface area contributed by atoms with E-state index in [1.807, 2.05) is 0 Å². The average molecular weight is 342 g/mol. The number of rotatable bonds is 4. The molecule has 0 spiro atoms. The smallest absolute Gasteiger partial charge is 0.354 e. The monoisotopic (exact) mass is 342 g/mol. The summed E-state index contributed by atoms with van der Waals surface area (Å²) in [6, 6.07) is 9.40. The lowest BCUT2D eigenvalue weighted by Gasteiger charge is -2.32. The molecule has 130 valence electrons. The number of aromatic nitrogens is 1. The maximum absolute atomic E-state index is 13.0. The maximum Gasteiger partial charge on any atom is 0.354 e. The van der Waals surface area contributed by atoms with Gasteiger partial charge in [0.05, 0.1) is 0 Å². The molecule has 1 fully saturated rings. The molecule has 2 heterocycles. The van der Waals surface area contributed by atoms with Crippen molar-refractivity contribution in [1.29, 1.82) is 0 Å². The van der Waals surface area contributed by atoms with E-state index in [-0.39, 0.29) is 17.4 Å². The Kier molecular flexibility index (Phi) is 5.07. The lowest BCUT2D eigenvalue weighted by atomic mass is 9.90. The summed E-state index contributed by atoms with van der Waals surface area (Å²) in [7, 11) is 0. The normalized spacial score (nSPS) is 15.2. The van der Waals surface area contributed by atoms with Gasteiger partial charge in [-0.15, -0.1) is 0 Å². The molecule has 1 aliphatic heterocycles. The fourth-order valence-electron chi connectivity index (χ4n) is 3.16. The van der Waals surface area contributed by atoms with Crippen LogP contribution in [0.2, 0.25) is 0 Å². The van der Waals surface area contributed by atoms with Crippen LogP contribution in [0.25, 0.3) is 0 Å². The van der Waals surface area contributed by atoms with Crippen molar-refractivity contribution in [3.8, 4) is 0 Å². The summed E-state index contributed by atoms with van der Waals surface area (Å²) in [5.41, 5.74) is 1.33. The Hall–Kier alpha value is -2.76. The number of nitrogens with zero attached hydrogens (tertiary/aromatic N) is 2. The molecule has 6 heteroatoms. The van der Waals surface area contributed by atoms with Gasteiger partial charge in [-0.2, -0.15) is 0 Å². The van der Waals surface area contributed by atoms with Crippen LogP contribution in [0.5, 0.6) is 0 Å². The molecule has 5 nitrogen and oxygen atoms in total. The number of piperidine rings is 1. The number of hydrogen-bond acceptors (Lipinski definition) is 3. The van der Waals surface area contributed by atoms with Crippen LogP contribution in [0.1, 0.15) is 39.3 Å². The number of amides is 1. The lowest BCUT2D eigenvalue weighted by Crippen LogP contribution is -2.39. The highest BCUT2D eigenvalue weighted by atomic mass is 19.1. The van der Waals surface area contributed by atoms with Gasteiger partial charge in [-0.1, -0.05) is 12.1 Å². The molecule has 0 aliphatic carbocycles. The second-order valence-electron chi connectivity index (χ2n) is 6.30. The molecule has 0 saturated carbocycles. The summed E-state index contributed by atoms with van der Waals surface area (Å²) in [6.07, 6.45) is 3.97. The Morgan fingerprint density at radius 1 is 1.16 bits per heavy atom. The number of carboxylic acids is 1. The first-order valence-corrected chi connectivity index (χ1v) is 8.26. The molecule has 1 N–H and O–H groups in total. The predicted octanol–water partition coefficient (Wildman–Crippen LogP) is 3.01. The Balaban J connectivity index is 1.58. The first-order chi connectivity index (χ1) is 12.0. The largest absolute Gasteiger partial charge is 0.477 e. The van der Waals surface area contributed by atoms with Gasteiger partial charge in [-0.05, 0) is 55.0 Å². The highest BCUT2D eigenvalue weighted by molar-refractivity contribution is 5.96. The number of hydrogen-bond donors (Lipinski definition) is 1. The molecule has 3 rings (SSSR count). The number of pyridine rings is 1. The topological polar surface area (TPSA) is 70.5 Å². The molecule has 1 amide bonds. The minimum absolute atomic E-state index is 0.128. The molecule has 0 atom stereocenters. The average Bonchev–Trinajstić information content (AvgIpc) is 2.64. The predicted molar refractivity (Wildman–Crippen MR) is 89.9 cm³/mol. The van der Waals surface area contributed by atoms with Crippen LogP contribution in [0.15, 0.2) is 42.6 Å². The molecule has 1 aromatic carbocycles. The van der Waals surface area contributed by atoms with Crippen LogP contribution < -0.4 is 0 Å². The third-order valence-electron chi connectivity index (χ3n) is 4.57. The zero-order valence-electron chi connectivity index (χ0n) is 13.7. The third-order valence-corrected chi connectivity index (χ3v) is 4.57. The van der Waals surface area contributed by atoms with Crippen LogP contribution >= 0.6 is 0 Å². The fourth-order valence-corrected chi connectivity index (χ4v) is 3.16. The van der Waals surface area contributed by atoms with Crippen molar-refractivity contribution in [3.05, 3.63) is 65.2 Å². The van der Waals surface area contributed by atoms with E-state index in [0.717, 1.165) is 24.8 Å². The van der Waals surface area contributed by atoms with E-state index in [1.165, 1.54) is 24.4 Å². The van der Waals surface area contributed by atoms with E-state index in [4.69, 9.17) is 5.11 Å². The summed E-state index contributed by atoms with van der Waals surface area (Å²) >= 11 is 0. The third kappa shape index (κ3) is 4.21. The van der Waals surface area contributed by atoms with Crippen molar-refractivity contribution in [1.82, 2.24) is 9.88 Å². The van der Waals surface area contributed by atoms with E-state index in [9.17, 15) is 14.0 Å². The molecule has 0 bridgehead atoms. The molecule has 2 aromatic rings. The Bertz CT molecular complexity index is 768. The molecular formula is C19H19FN2O3. The fraction of sp³-hybridized carbons (Fsp3) is 0.316. The van der Waals surface area contributed by atoms with Gasteiger partial charge < -0.3 is 10.0 Å². The van der Waals surface area contributed by atoms with Gasteiger partial charge in [0.1, 0.15) is 11.5 Å². The number of carboxylic acid groups (broad SMARTS) is 1. The molecular weight excluding hydrogens is 323 g/mol. The van der Waals surface area contributed by atoms with Crippen molar-refractivity contribution in [2.45, 2.75) is 19.3 Å². The molecule has 1 aromatic heterocycles. The highest BCUT2D eigenvalue weighted by Crippen LogP contribution is 2.23. The van der Waals surface area contributed by atoms with Gasteiger partial charge in [0.2, 0.25) is 0 Å². The second kappa shape index (κ2) is 7.42. The lowest BCUT2D eigenvalue weighted by molar-refractivity contribution is 0.0689. The number of benzene rings is 1. The van der Waals surface area contributed by atoms with Crippen LogP contribution in [-0.2, 0) is 6.42 Å². The van der Waals surface area contributed by atoms with Gasteiger partial charge in [0.15, 0.2) is 0 Å². The van der Waals surface area contributed by atoms with E-state index in [0.29, 0.717) is 24.6 Å². The summed E-state index contributed by atoms with van der Waals surface area (Å²) in [4.78, 5) is 29.0. The molecule has 1 saturated heterocycles. The van der Waals surface area contributed by atoms with Crippen molar-refractivity contribution in [2.75, 3.05) is 13.1 Å². The van der Waals surface area contributed by atoms with Crippen molar-refractivity contribution >= 4 is 11.9 Å². The van der Waals surface area contributed by atoms with Crippen LogP contribution in [0, 0.1) is 11.7 Å². The van der Waals surface area contributed by atoms with Crippen LogP contribution in [-0.4, -0.2) is 40.0 Å².